The van der Waals surface area contributed by atoms with E-state index in [1.165, 1.54) is 7.11 Å². The van der Waals surface area contributed by atoms with Gasteiger partial charge >= 0.3 is 5.97 Å². The fourth-order valence-corrected chi connectivity index (χ4v) is 1.80. The topological polar surface area (TPSA) is 63.0 Å². The molecular formula is C11H9BrF2N2O2. The van der Waals surface area contributed by atoms with Crippen molar-refractivity contribution in [3.05, 3.63) is 28.6 Å². The highest BCUT2D eigenvalue weighted by molar-refractivity contribution is 9.08. The summed E-state index contributed by atoms with van der Waals surface area (Å²) >= 11 is 3.05. The maximum atomic E-state index is 12.7. The molecule has 0 amide bonds. The fourth-order valence-electron chi connectivity index (χ4n) is 1.35. The van der Waals surface area contributed by atoms with E-state index in [4.69, 9.17) is 5.26 Å². The molecule has 0 aromatic carbocycles. The van der Waals surface area contributed by atoms with Crippen molar-refractivity contribution < 1.29 is 18.3 Å². The molecule has 0 radical (unpaired) electrons. The second kappa shape index (κ2) is 6.40. The number of alkyl halides is 3. The molecule has 0 saturated heterocycles. The van der Waals surface area contributed by atoms with E-state index in [1.807, 2.05) is 0 Å². The van der Waals surface area contributed by atoms with Crippen LogP contribution in [0, 0.1) is 11.3 Å². The molecule has 1 heterocycles. The number of rotatable bonds is 4. The van der Waals surface area contributed by atoms with Crippen LogP contribution in [0.2, 0.25) is 0 Å². The number of hydrogen-bond acceptors (Lipinski definition) is 4. The van der Waals surface area contributed by atoms with Crippen molar-refractivity contribution in [3.8, 4) is 6.07 Å². The molecule has 0 unspecified atom stereocenters. The molecule has 0 spiro atoms. The van der Waals surface area contributed by atoms with Crippen molar-refractivity contribution in [2.24, 2.45) is 0 Å². The Balaban J connectivity index is 3.27. The van der Waals surface area contributed by atoms with Gasteiger partial charge in [-0.2, -0.15) is 5.26 Å². The molecule has 0 aliphatic rings. The Labute approximate surface area is 111 Å². The molecule has 96 valence electrons. The Morgan fingerprint density at radius 2 is 2.28 bits per heavy atom. The van der Waals surface area contributed by atoms with E-state index in [0.717, 1.165) is 6.07 Å². The van der Waals surface area contributed by atoms with E-state index in [0.29, 0.717) is 0 Å². The smallest absolute Gasteiger partial charge is 0.311 e. The van der Waals surface area contributed by atoms with Crippen molar-refractivity contribution in [1.82, 2.24) is 4.98 Å². The zero-order valence-corrected chi connectivity index (χ0v) is 11.0. The minimum absolute atomic E-state index is 0.0413. The van der Waals surface area contributed by atoms with E-state index in [1.54, 1.807) is 6.07 Å². The summed E-state index contributed by atoms with van der Waals surface area (Å²) in [6.45, 7) is 0. The molecule has 0 aliphatic carbocycles. The quantitative estimate of drug-likeness (QED) is 0.632. The first-order valence-corrected chi connectivity index (χ1v) is 5.99. The summed E-state index contributed by atoms with van der Waals surface area (Å²) in [6.07, 6.45) is -2.94. The Hall–Kier alpha value is -1.55. The molecule has 7 heteroatoms. The van der Waals surface area contributed by atoms with Gasteiger partial charge < -0.3 is 4.74 Å². The number of pyridine rings is 1. The van der Waals surface area contributed by atoms with Gasteiger partial charge in [0.1, 0.15) is 6.07 Å². The van der Waals surface area contributed by atoms with Gasteiger partial charge in [-0.05, 0) is 6.07 Å². The summed E-state index contributed by atoms with van der Waals surface area (Å²) in [7, 11) is 1.20. The Bertz CT molecular complexity index is 501. The van der Waals surface area contributed by atoms with Crippen molar-refractivity contribution >= 4 is 21.9 Å². The summed E-state index contributed by atoms with van der Waals surface area (Å²) in [5.41, 5.74) is -0.0939. The van der Waals surface area contributed by atoms with Gasteiger partial charge in [-0.15, -0.1) is 0 Å². The first kappa shape index (κ1) is 14.5. The SMILES string of the molecule is COC(=O)Cc1nc(CBr)c(C(F)F)cc1C#N. The number of carbonyl (C=O) groups excluding carboxylic acids is 1. The number of hydrogen-bond donors (Lipinski definition) is 0. The molecule has 1 aromatic heterocycles. The summed E-state index contributed by atoms with van der Waals surface area (Å²) in [5, 5.41) is 8.99. The average molecular weight is 319 g/mol. The third-order valence-corrected chi connectivity index (χ3v) is 2.77. The van der Waals surface area contributed by atoms with E-state index in [2.05, 4.69) is 25.7 Å². The summed E-state index contributed by atoms with van der Waals surface area (Å²) in [5.74, 6) is -0.579. The number of ether oxygens (including phenoxy) is 1. The molecule has 1 aromatic rings. The number of aromatic nitrogens is 1. The summed E-state index contributed by atoms with van der Waals surface area (Å²) in [4.78, 5) is 15.1. The first-order valence-electron chi connectivity index (χ1n) is 4.87. The third-order valence-electron chi connectivity index (χ3n) is 2.24. The van der Waals surface area contributed by atoms with Crippen molar-refractivity contribution in [2.75, 3.05) is 7.11 Å². The standard InChI is InChI=1S/C11H9BrF2N2O2/c1-18-10(17)3-8-6(5-15)2-7(11(13)14)9(4-12)16-8/h2,11H,3-4H2,1H3. The normalized spacial score (nSPS) is 10.2. The summed E-state index contributed by atoms with van der Waals surface area (Å²) in [6, 6.07) is 2.81. The van der Waals surface area contributed by atoms with E-state index < -0.39 is 12.4 Å². The minimum atomic E-state index is -2.72. The van der Waals surface area contributed by atoms with Crippen molar-refractivity contribution in [3.63, 3.8) is 0 Å². The number of esters is 1. The van der Waals surface area contributed by atoms with E-state index >= 15 is 0 Å². The monoisotopic (exact) mass is 318 g/mol. The maximum Gasteiger partial charge on any atom is 0.311 e. The Morgan fingerprint density at radius 3 is 2.72 bits per heavy atom. The van der Waals surface area contributed by atoms with Crippen molar-refractivity contribution in [2.45, 2.75) is 18.2 Å². The van der Waals surface area contributed by atoms with Gasteiger partial charge in [-0.1, -0.05) is 15.9 Å². The number of nitrogens with zero attached hydrogens (tertiary/aromatic N) is 2. The van der Waals surface area contributed by atoms with Gasteiger partial charge in [-0.3, -0.25) is 9.78 Å². The molecule has 0 saturated carbocycles. The van der Waals surface area contributed by atoms with Crippen LogP contribution < -0.4 is 0 Å². The Morgan fingerprint density at radius 1 is 1.61 bits per heavy atom. The Kier molecular flexibility index (Phi) is 5.16. The van der Waals surface area contributed by atoms with E-state index in [-0.39, 0.29) is 34.3 Å². The molecular weight excluding hydrogens is 310 g/mol. The molecule has 0 fully saturated rings. The molecule has 0 bridgehead atoms. The van der Waals surface area contributed by atoms with Crippen LogP contribution in [0.25, 0.3) is 0 Å². The van der Waals surface area contributed by atoms with Crippen LogP contribution in [0.15, 0.2) is 6.07 Å². The van der Waals surface area contributed by atoms with Crippen molar-refractivity contribution in [1.29, 1.82) is 5.26 Å². The van der Waals surface area contributed by atoms with Crippen LogP contribution in [-0.2, 0) is 21.3 Å². The van der Waals surface area contributed by atoms with Gasteiger partial charge in [0.05, 0.1) is 30.5 Å². The molecule has 4 nitrogen and oxygen atoms in total. The third kappa shape index (κ3) is 3.23. The lowest BCUT2D eigenvalue weighted by Gasteiger charge is -2.09. The predicted octanol–water partition coefficient (Wildman–Crippen LogP) is 2.50. The zero-order chi connectivity index (χ0) is 13.7. The highest BCUT2D eigenvalue weighted by Gasteiger charge is 2.19. The number of halogens is 3. The molecule has 0 aliphatic heterocycles. The lowest BCUT2D eigenvalue weighted by molar-refractivity contribution is -0.139. The predicted molar refractivity (Wildman–Crippen MR) is 62.3 cm³/mol. The van der Waals surface area contributed by atoms with Crippen LogP contribution in [0.1, 0.15) is 28.9 Å². The number of carbonyl (C=O) groups is 1. The van der Waals surface area contributed by atoms with Gasteiger partial charge in [0.2, 0.25) is 0 Å². The highest BCUT2D eigenvalue weighted by atomic mass is 79.9. The lowest BCUT2D eigenvalue weighted by atomic mass is 10.1. The fraction of sp³-hybridized carbons (Fsp3) is 0.364. The molecule has 18 heavy (non-hydrogen) atoms. The maximum absolute atomic E-state index is 12.7. The molecule has 1 rings (SSSR count). The van der Waals surface area contributed by atoms with Gasteiger partial charge in [-0.25, -0.2) is 8.78 Å². The average Bonchev–Trinajstić information content (AvgIpc) is 2.37. The van der Waals surface area contributed by atoms with Crippen LogP contribution in [-0.4, -0.2) is 18.1 Å². The number of nitriles is 1. The highest BCUT2D eigenvalue weighted by Crippen LogP contribution is 2.25. The largest absolute Gasteiger partial charge is 0.469 e. The van der Waals surface area contributed by atoms with Gasteiger partial charge in [0.25, 0.3) is 6.43 Å². The van der Waals surface area contributed by atoms with Crippen LogP contribution in [0.4, 0.5) is 8.78 Å². The lowest BCUT2D eigenvalue weighted by Crippen LogP contribution is -2.10. The van der Waals surface area contributed by atoms with Crippen LogP contribution in [0.3, 0.4) is 0 Å². The molecule has 0 N–H and O–H groups in total. The minimum Gasteiger partial charge on any atom is -0.469 e. The van der Waals surface area contributed by atoms with E-state index in [9.17, 15) is 13.6 Å². The zero-order valence-electron chi connectivity index (χ0n) is 9.41. The molecule has 0 atom stereocenters. The summed E-state index contributed by atoms with van der Waals surface area (Å²) < 4.78 is 29.9. The second-order valence-corrected chi connectivity index (χ2v) is 3.88. The van der Waals surface area contributed by atoms with Crippen LogP contribution >= 0.6 is 15.9 Å². The van der Waals surface area contributed by atoms with Gasteiger partial charge in [0.15, 0.2) is 0 Å². The first-order chi connectivity index (χ1) is 8.53. The number of methoxy groups -OCH3 is 1. The van der Waals surface area contributed by atoms with Crippen LogP contribution in [0.5, 0.6) is 0 Å². The van der Waals surface area contributed by atoms with Gasteiger partial charge in [0, 0.05) is 10.9 Å². The second-order valence-electron chi connectivity index (χ2n) is 3.32.